The zero-order valence-corrected chi connectivity index (χ0v) is 19.6. The molecule has 1 saturated heterocycles. The fourth-order valence-electron chi connectivity index (χ4n) is 3.68. The normalized spacial score (nSPS) is 17.6. The fraction of sp³-hybridized carbons (Fsp3) is 0.167. The molecule has 36 heavy (non-hydrogen) atoms. The maximum Gasteiger partial charge on any atom is 0.446 e. The lowest BCUT2D eigenvalue weighted by molar-refractivity contribution is -0.121. The molecule has 186 valence electrons. The number of aromatic nitrogens is 1. The highest BCUT2D eigenvalue weighted by Crippen LogP contribution is 2.38. The lowest BCUT2D eigenvalue weighted by atomic mass is 9.93. The number of hydrazine groups is 1. The number of carbonyl (C=O) groups is 3. The summed E-state index contributed by atoms with van der Waals surface area (Å²) in [4.78, 5) is 43.0. The van der Waals surface area contributed by atoms with Crippen molar-refractivity contribution < 1.29 is 27.6 Å². The summed E-state index contributed by atoms with van der Waals surface area (Å²) in [7, 11) is 0. The summed E-state index contributed by atoms with van der Waals surface area (Å²) in [5.74, 6) is -0.581. The van der Waals surface area contributed by atoms with Gasteiger partial charge in [0.2, 0.25) is 0 Å². The molecule has 0 spiro atoms. The smallest absolute Gasteiger partial charge is 0.323 e. The van der Waals surface area contributed by atoms with Crippen LogP contribution >= 0.6 is 11.8 Å². The third-order valence-electron chi connectivity index (χ3n) is 5.31. The fourth-order valence-corrected chi connectivity index (χ4v) is 4.22. The number of thioether (sulfide) groups is 1. The molecule has 1 fully saturated rings. The quantitative estimate of drug-likeness (QED) is 0.243. The molecule has 0 radical (unpaired) electrons. The number of benzene rings is 2. The Kier molecular flexibility index (Phi) is 6.88. The Morgan fingerprint density at radius 3 is 2.44 bits per heavy atom. The average Bonchev–Trinajstić information content (AvgIpc) is 3.05. The molecule has 4 amide bonds. The van der Waals surface area contributed by atoms with Gasteiger partial charge in [0.15, 0.2) is 0 Å². The molecule has 3 aromatic rings. The van der Waals surface area contributed by atoms with Gasteiger partial charge in [-0.2, -0.15) is 13.2 Å². The summed E-state index contributed by atoms with van der Waals surface area (Å²) in [6, 6.07) is 16.2. The number of hydrogen-bond donors (Lipinski definition) is 3. The number of urea groups is 1. The first kappa shape index (κ1) is 25.0. The minimum absolute atomic E-state index is 0.0581. The molecule has 3 N–H and O–H groups in total. The van der Waals surface area contributed by atoms with Gasteiger partial charge < -0.3 is 5.32 Å². The van der Waals surface area contributed by atoms with Crippen LogP contribution in [0.5, 0.6) is 0 Å². The van der Waals surface area contributed by atoms with Crippen LogP contribution in [0.2, 0.25) is 0 Å². The summed E-state index contributed by atoms with van der Waals surface area (Å²) in [5, 5.41) is 2.66. The van der Waals surface area contributed by atoms with Crippen molar-refractivity contribution in [3.63, 3.8) is 0 Å². The summed E-state index contributed by atoms with van der Waals surface area (Å²) >= 11 is -0.281. The lowest BCUT2D eigenvalue weighted by Crippen LogP contribution is -2.46. The van der Waals surface area contributed by atoms with Gasteiger partial charge in [0, 0.05) is 23.1 Å². The predicted octanol–water partition coefficient (Wildman–Crippen LogP) is 4.51. The van der Waals surface area contributed by atoms with E-state index in [1.165, 1.54) is 30.5 Å². The molecule has 0 saturated carbocycles. The van der Waals surface area contributed by atoms with Gasteiger partial charge in [-0.25, -0.2) is 14.7 Å². The van der Waals surface area contributed by atoms with Gasteiger partial charge in [-0.3, -0.25) is 20.4 Å². The second-order valence-electron chi connectivity index (χ2n) is 8.12. The van der Waals surface area contributed by atoms with Gasteiger partial charge in [-0.1, -0.05) is 18.2 Å². The monoisotopic (exact) mass is 515 g/mol. The van der Waals surface area contributed by atoms with Crippen LogP contribution in [0.1, 0.15) is 22.8 Å². The summed E-state index contributed by atoms with van der Waals surface area (Å²) in [6.45, 7) is 1.56. The molecule has 8 nitrogen and oxygen atoms in total. The third-order valence-corrected chi connectivity index (χ3v) is 6.05. The van der Waals surface area contributed by atoms with Crippen LogP contribution in [0, 0.1) is 0 Å². The Bertz CT molecular complexity index is 1290. The van der Waals surface area contributed by atoms with Crippen molar-refractivity contribution in [1.82, 2.24) is 15.7 Å². The largest absolute Gasteiger partial charge is 0.446 e. The number of hydrogen-bond acceptors (Lipinski definition) is 6. The van der Waals surface area contributed by atoms with Crippen LogP contribution in [0.15, 0.2) is 77.8 Å². The zero-order chi connectivity index (χ0) is 25.9. The van der Waals surface area contributed by atoms with Crippen LogP contribution in [-0.4, -0.2) is 33.9 Å². The van der Waals surface area contributed by atoms with Crippen molar-refractivity contribution in [2.24, 2.45) is 0 Å². The molecular weight excluding hydrogens is 495 g/mol. The van der Waals surface area contributed by atoms with Crippen molar-refractivity contribution in [3.8, 4) is 0 Å². The van der Waals surface area contributed by atoms with E-state index >= 15 is 0 Å². The van der Waals surface area contributed by atoms with Crippen molar-refractivity contribution in [2.45, 2.75) is 29.3 Å². The molecule has 12 heteroatoms. The van der Waals surface area contributed by atoms with Crippen molar-refractivity contribution >= 4 is 41.1 Å². The number of rotatable bonds is 7. The van der Waals surface area contributed by atoms with Gasteiger partial charge in [0.25, 0.3) is 11.8 Å². The van der Waals surface area contributed by atoms with Crippen LogP contribution < -0.4 is 21.1 Å². The molecule has 1 aromatic heterocycles. The molecule has 1 aliphatic heterocycles. The minimum Gasteiger partial charge on any atom is -0.323 e. The van der Waals surface area contributed by atoms with Crippen LogP contribution in [0.4, 0.5) is 29.5 Å². The summed E-state index contributed by atoms with van der Waals surface area (Å²) < 4.78 is 37.7. The molecule has 1 aliphatic rings. The van der Waals surface area contributed by atoms with E-state index in [1.54, 1.807) is 49.4 Å². The molecule has 0 bridgehead atoms. The van der Waals surface area contributed by atoms with E-state index in [1.807, 2.05) is 0 Å². The van der Waals surface area contributed by atoms with Crippen molar-refractivity contribution in [3.05, 3.63) is 84.1 Å². The number of amides is 4. The van der Waals surface area contributed by atoms with E-state index in [4.69, 9.17) is 0 Å². The van der Waals surface area contributed by atoms with E-state index in [2.05, 4.69) is 21.2 Å². The van der Waals surface area contributed by atoms with E-state index < -0.39 is 23.0 Å². The Hall–Kier alpha value is -4.06. The van der Waals surface area contributed by atoms with E-state index in [9.17, 15) is 27.6 Å². The molecule has 2 heterocycles. The first-order valence-electron chi connectivity index (χ1n) is 10.6. The molecule has 2 aromatic carbocycles. The Labute approximate surface area is 208 Å². The number of nitrogens with one attached hydrogen (secondary N) is 3. The van der Waals surface area contributed by atoms with Gasteiger partial charge in [0.1, 0.15) is 11.4 Å². The van der Waals surface area contributed by atoms with E-state index in [-0.39, 0.29) is 34.7 Å². The molecule has 4 rings (SSSR count). The Morgan fingerprint density at radius 2 is 1.78 bits per heavy atom. The topological polar surface area (TPSA) is 103 Å². The second-order valence-corrected chi connectivity index (χ2v) is 9.25. The maximum absolute atomic E-state index is 13.2. The second kappa shape index (κ2) is 9.90. The highest BCUT2D eigenvalue weighted by atomic mass is 32.2. The highest BCUT2D eigenvalue weighted by Gasteiger charge is 2.48. The molecule has 1 unspecified atom stereocenters. The number of carbonyl (C=O) groups excluding carboxylic acids is 3. The minimum atomic E-state index is -4.44. The Morgan fingerprint density at radius 1 is 1.08 bits per heavy atom. The van der Waals surface area contributed by atoms with Crippen LogP contribution in [-0.2, 0) is 11.2 Å². The number of imide groups is 1. The van der Waals surface area contributed by atoms with Crippen LogP contribution in [0.3, 0.4) is 0 Å². The average molecular weight is 516 g/mol. The van der Waals surface area contributed by atoms with Gasteiger partial charge >= 0.3 is 11.5 Å². The van der Waals surface area contributed by atoms with E-state index in [0.29, 0.717) is 16.9 Å². The van der Waals surface area contributed by atoms with Crippen LogP contribution in [0.25, 0.3) is 0 Å². The van der Waals surface area contributed by atoms with Crippen molar-refractivity contribution in [2.75, 3.05) is 10.3 Å². The van der Waals surface area contributed by atoms with Gasteiger partial charge in [-0.05, 0) is 72.8 Å². The number of halogens is 3. The molecular formula is C24H20F3N5O3S. The maximum atomic E-state index is 13.2. The molecule has 0 aliphatic carbocycles. The van der Waals surface area contributed by atoms with Gasteiger partial charge in [-0.15, -0.1) is 0 Å². The number of anilines is 2. The third kappa shape index (κ3) is 5.77. The van der Waals surface area contributed by atoms with E-state index in [0.717, 1.165) is 4.90 Å². The van der Waals surface area contributed by atoms with Gasteiger partial charge in [0.05, 0.1) is 5.69 Å². The molecule has 1 atom stereocenters. The lowest BCUT2D eigenvalue weighted by Gasteiger charge is -2.22. The summed E-state index contributed by atoms with van der Waals surface area (Å²) in [5.41, 5.74) is 0.784. The first-order chi connectivity index (χ1) is 17.0. The standard InChI is InChI=1S/C24H20F3N5O3S/c1-23(14-15-11-12-28-19(13-15)30-31-20(33)16-5-3-2-4-6-16)21(34)32(22(35)29-23)17-7-9-18(10-8-17)36-24(25,26)27/h2-13H,14H2,1H3,(H,28,30)(H,29,35)(H,31,33). The Balaban J connectivity index is 1.44. The zero-order valence-electron chi connectivity index (χ0n) is 18.8. The number of alkyl halides is 3. The number of pyridine rings is 1. The SMILES string of the molecule is CC1(Cc2ccnc(NNC(=O)c3ccccc3)c2)NC(=O)N(c2ccc(SC(F)(F)F)cc2)C1=O. The predicted molar refractivity (Wildman–Crippen MR) is 128 cm³/mol. The number of nitrogens with zero attached hydrogens (tertiary/aromatic N) is 2. The van der Waals surface area contributed by atoms with Crippen molar-refractivity contribution in [1.29, 1.82) is 0 Å². The highest BCUT2D eigenvalue weighted by molar-refractivity contribution is 8.00. The summed E-state index contributed by atoms with van der Waals surface area (Å²) in [6.07, 6.45) is 1.60. The first-order valence-corrected chi connectivity index (χ1v) is 11.4.